The summed E-state index contributed by atoms with van der Waals surface area (Å²) in [5.41, 5.74) is 0.914. The normalized spacial score (nSPS) is 26.6. The van der Waals surface area contributed by atoms with Crippen molar-refractivity contribution < 1.29 is 29.9 Å². The zero-order valence-corrected chi connectivity index (χ0v) is 12.7. The number of hydrogen-bond donors (Lipinski definition) is 4. The Hall–Kier alpha value is -1.34. The van der Waals surface area contributed by atoms with E-state index in [0.29, 0.717) is 31.4 Å². The van der Waals surface area contributed by atoms with Gasteiger partial charge in [0.1, 0.15) is 6.10 Å². The lowest BCUT2D eigenvalue weighted by atomic mass is 9.96. The Bertz CT molecular complexity index is 478. The van der Waals surface area contributed by atoms with Gasteiger partial charge in [0.25, 0.3) is 0 Å². The Morgan fingerprint density at radius 3 is 2.73 bits per heavy atom. The van der Waals surface area contributed by atoms with Gasteiger partial charge < -0.3 is 29.9 Å². The van der Waals surface area contributed by atoms with Gasteiger partial charge in [-0.15, -0.1) is 0 Å². The van der Waals surface area contributed by atoms with Crippen LogP contribution < -0.4 is 4.74 Å². The van der Waals surface area contributed by atoms with Crippen LogP contribution in [0, 0.1) is 0 Å². The molecule has 1 aliphatic heterocycles. The molecule has 6 nitrogen and oxygen atoms in total. The molecule has 0 radical (unpaired) electrons. The molecule has 0 saturated carbocycles. The van der Waals surface area contributed by atoms with Gasteiger partial charge in [0.05, 0.1) is 32.0 Å². The highest BCUT2D eigenvalue weighted by molar-refractivity contribution is 5.41. The molecule has 6 heteroatoms. The second kappa shape index (κ2) is 7.78. The van der Waals surface area contributed by atoms with Crippen LogP contribution in [-0.2, 0) is 11.2 Å². The summed E-state index contributed by atoms with van der Waals surface area (Å²) >= 11 is 0. The minimum Gasteiger partial charge on any atom is -0.504 e. The van der Waals surface area contributed by atoms with Crippen LogP contribution in [0.4, 0.5) is 0 Å². The Labute approximate surface area is 129 Å². The van der Waals surface area contributed by atoms with Crippen LogP contribution >= 0.6 is 0 Å². The van der Waals surface area contributed by atoms with E-state index in [9.17, 15) is 20.4 Å². The number of aromatic hydroxyl groups is 1. The third-order valence-electron chi connectivity index (χ3n) is 4.00. The van der Waals surface area contributed by atoms with Gasteiger partial charge in [-0.25, -0.2) is 0 Å². The topological polar surface area (TPSA) is 99.4 Å². The smallest absolute Gasteiger partial charge is 0.160 e. The van der Waals surface area contributed by atoms with Gasteiger partial charge >= 0.3 is 0 Å². The number of ether oxygens (including phenoxy) is 2. The predicted molar refractivity (Wildman–Crippen MR) is 80.0 cm³/mol. The first-order valence-electron chi connectivity index (χ1n) is 7.51. The fourth-order valence-electron chi connectivity index (χ4n) is 2.65. The maximum atomic E-state index is 10.1. The lowest BCUT2D eigenvalue weighted by Crippen LogP contribution is -2.42. The minimum absolute atomic E-state index is 0.0854. The highest BCUT2D eigenvalue weighted by Gasteiger charge is 2.29. The second-order valence-electron chi connectivity index (χ2n) is 5.76. The number of aryl methyl sites for hydroxylation is 1. The van der Waals surface area contributed by atoms with E-state index in [1.807, 2.05) is 6.07 Å². The fraction of sp³-hybridized carbons (Fsp3) is 0.625. The third-order valence-corrected chi connectivity index (χ3v) is 4.00. The molecule has 0 aliphatic carbocycles. The molecule has 4 atom stereocenters. The Balaban J connectivity index is 1.78. The van der Waals surface area contributed by atoms with Gasteiger partial charge in [0.2, 0.25) is 0 Å². The number of aliphatic hydroxyl groups excluding tert-OH is 3. The lowest BCUT2D eigenvalue weighted by molar-refractivity contribution is -0.129. The molecule has 1 aromatic rings. The highest BCUT2D eigenvalue weighted by Crippen LogP contribution is 2.27. The van der Waals surface area contributed by atoms with Gasteiger partial charge in [0, 0.05) is 6.42 Å². The molecule has 0 aromatic heterocycles. The van der Waals surface area contributed by atoms with E-state index >= 15 is 0 Å². The quantitative estimate of drug-likeness (QED) is 0.614. The van der Waals surface area contributed by atoms with E-state index in [1.165, 1.54) is 7.11 Å². The van der Waals surface area contributed by atoms with E-state index < -0.39 is 18.3 Å². The Morgan fingerprint density at radius 1 is 1.32 bits per heavy atom. The number of phenols is 1. The van der Waals surface area contributed by atoms with Crippen molar-refractivity contribution in [3.8, 4) is 11.5 Å². The van der Waals surface area contributed by atoms with Crippen molar-refractivity contribution in [3.63, 3.8) is 0 Å². The van der Waals surface area contributed by atoms with Crippen molar-refractivity contribution in [2.45, 2.75) is 50.1 Å². The number of rotatable bonds is 6. The molecule has 4 N–H and O–H groups in total. The summed E-state index contributed by atoms with van der Waals surface area (Å²) in [6.07, 6.45) is -0.511. The van der Waals surface area contributed by atoms with Gasteiger partial charge in [-0.3, -0.25) is 0 Å². The number of phenolic OH excluding ortho intramolecular Hbond substituents is 1. The van der Waals surface area contributed by atoms with Crippen LogP contribution in [-0.4, -0.2) is 58.6 Å². The zero-order chi connectivity index (χ0) is 16.1. The summed E-state index contributed by atoms with van der Waals surface area (Å²) in [5, 5.41) is 38.8. The number of methoxy groups -OCH3 is 1. The molecule has 4 unspecified atom stereocenters. The first kappa shape index (κ1) is 17.0. The standard InChI is InChI=1S/C16H24O6/c1-21-16-5-3-10(6-14(16)19)2-4-11(17)7-12-8-13(18)15(20)9-22-12/h3,5-6,11-13,15,17-20H,2,4,7-9H2,1H3. The molecule has 1 saturated heterocycles. The third kappa shape index (κ3) is 4.58. The van der Waals surface area contributed by atoms with Crippen LogP contribution in [0.1, 0.15) is 24.8 Å². The van der Waals surface area contributed by atoms with Crippen molar-refractivity contribution in [1.82, 2.24) is 0 Å². The second-order valence-corrected chi connectivity index (χ2v) is 5.76. The number of benzene rings is 1. The van der Waals surface area contributed by atoms with Crippen molar-refractivity contribution in [2.24, 2.45) is 0 Å². The molecule has 0 bridgehead atoms. The molecule has 2 rings (SSSR count). The monoisotopic (exact) mass is 312 g/mol. The van der Waals surface area contributed by atoms with E-state index in [4.69, 9.17) is 9.47 Å². The molecule has 1 fully saturated rings. The average molecular weight is 312 g/mol. The molecule has 1 heterocycles. The van der Waals surface area contributed by atoms with Crippen LogP contribution in [0.2, 0.25) is 0 Å². The maximum absolute atomic E-state index is 10.1. The number of aliphatic hydroxyl groups is 3. The molecular formula is C16H24O6. The molecule has 0 spiro atoms. The van der Waals surface area contributed by atoms with E-state index in [2.05, 4.69) is 0 Å². The molecule has 1 aromatic carbocycles. The summed E-state index contributed by atoms with van der Waals surface area (Å²) in [4.78, 5) is 0. The van der Waals surface area contributed by atoms with Crippen LogP contribution in [0.25, 0.3) is 0 Å². The summed E-state index contributed by atoms with van der Waals surface area (Å²) in [7, 11) is 1.49. The zero-order valence-electron chi connectivity index (χ0n) is 12.7. The molecule has 22 heavy (non-hydrogen) atoms. The number of hydrogen-bond acceptors (Lipinski definition) is 6. The molecular weight excluding hydrogens is 288 g/mol. The molecule has 0 amide bonds. The van der Waals surface area contributed by atoms with Crippen molar-refractivity contribution in [2.75, 3.05) is 13.7 Å². The van der Waals surface area contributed by atoms with Crippen molar-refractivity contribution in [1.29, 1.82) is 0 Å². The predicted octanol–water partition coefficient (Wildman–Crippen LogP) is 0.595. The fourth-order valence-corrected chi connectivity index (χ4v) is 2.65. The maximum Gasteiger partial charge on any atom is 0.160 e. The Morgan fingerprint density at radius 2 is 2.09 bits per heavy atom. The van der Waals surface area contributed by atoms with E-state index in [0.717, 1.165) is 5.56 Å². The summed E-state index contributed by atoms with van der Waals surface area (Å²) in [6, 6.07) is 5.17. The summed E-state index contributed by atoms with van der Waals surface area (Å²) < 4.78 is 10.4. The first-order valence-corrected chi connectivity index (χ1v) is 7.51. The minimum atomic E-state index is -0.837. The van der Waals surface area contributed by atoms with Gasteiger partial charge in [-0.05, 0) is 37.0 Å². The SMILES string of the molecule is COc1ccc(CCC(O)CC2CC(O)C(O)CO2)cc1O. The van der Waals surface area contributed by atoms with Crippen molar-refractivity contribution >= 4 is 0 Å². The first-order chi connectivity index (χ1) is 10.5. The molecule has 124 valence electrons. The van der Waals surface area contributed by atoms with Crippen LogP contribution in [0.15, 0.2) is 18.2 Å². The Kier molecular flexibility index (Phi) is 6.02. The van der Waals surface area contributed by atoms with Crippen LogP contribution in [0.5, 0.6) is 11.5 Å². The van der Waals surface area contributed by atoms with Crippen LogP contribution in [0.3, 0.4) is 0 Å². The van der Waals surface area contributed by atoms with E-state index in [-0.39, 0.29) is 18.5 Å². The van der Waals surface area contributed by atoms with E-state index in [1.54, 1.807) is 12.1 Å². The van der Waals surface area contributed by atoms with Gasteiger partial charge in [0.15, 0.2) is 11.5 Å². The van der Waals surface area contributed by atoms with Gasteiger partial charge in [-0.2, -0.15) is 0 Å². The highest BCUT2D eigenvalue weighted by atomic mass is 16.5. The average Bonchev–Trinajstić information content (AvgIpc) is 2.49. The lowest BCUT2D eigenvalue weighted by Gasteiger charge is -2.31. The largest absolute Gasteiger partial charge is 0.504 e. The summed E-state index contributed by atoms with van der Waals surface area (Å²) in [6.45, 7) is 0.102. The van der Waals surface area contributed by atoms with Gasteiger partial charge in [-0.1, -0.05) is 6.07 Å². The molecule has 1 aliphatic rings. The van der Waals surface area contributed by atoms with Crippen molar-refractivity contribution in [3.05, 3.63) is 23.8 Å². The summed E-state index contributed by atoms with van der Waals surface area (Å²) in [5.74, 6) is 0.509.